The van der Waals surface area contributed by atoms with Gasteiger partial charge in [0.15, 0.2) is 0 Å². The first kappa shape index (κ1) is 15.6. The summed E-state index contributed by atoms with van der Waals surface area (Å²) in [7, 11) is -0.797. The third kappa shape index (κ3) is 3.09. The molecule has 1 radical (unpaired) electrons. The zero-order valence-electron chi connectivity index (χ0n) is 13.1. The van der Waals surface area contributed by atoms with Crippen LogP contribution >= 0.6 is 15.9 Å². The smallest absolute Gasteiger partial charge is 0.274 e. The molecule has 0 saturated carbocycles. The maximum Gasteiger partial charge on any atom is 0.274 e. The topological polar surface area (TPSA) is 9.23 Å². The minimum absolute atomic E-state index is 0.0813. The van der Waals surface area contributed by atoms with Gasteiger partial charge >= 0.3 is 0 Å². The Hall–Kier alpha value is -0.803. The highest BCUT2D eigenvalue weighted by atomic mass is 79.9. The van der Waals surface area contributed by atoms with Crippen molar-refractivity contribution in [3.05, 3.63) is 39.9 Å². The number of hydrogen-bond acceptors (Lipinski definition) is 1. The Morgan fingerprint density at radius 3 is 2.30 bits per heavy atom. The monoisotopic (exact) mass is 349 g/mol. The summed E-state index contributed by atoms with van der Waals surface area (Å²) in [6.45, 7) is 13.3. The molecule has 2 aromatic carbocycles. The molecule has 2 aromatic rings. The van der Waals surface area contributed by atoms with Crippen molar-refractivity contribution in [1.82, 2.24) is 0 Å². The second-order valence-corrected chi connectivity index (χ2v) is 9.46. The molecule has 2 rings (SSSR count). The predicted molar refractivity (Wildman–Crippen MR) is 93.2 cm³/mol. The largest absolute Gasteiger partial charge is 0.542 e. The highest BCUT2D eigenvalue weighted by Crippen LogP contribution is 2.40. The van der Waals surface area contributed by atoms with E-state index >= 15 is 0 Å². The van der Waals surface area contributed by atoms with E-state index < -0.39 is 9.04 Å². The number of hydrogen-bond donors (Lipinski definition) is 0. The van der Waals surface area contributed by atoms with Gasteiger partial charge in [0.05, 0.1) is 0 Å². The zero-order valence-corrected chi connectivity index (χ0v) is 15.7. The number of halogens is 1. The molecule has 0 bridgehead atoms. The summed E-state index contributed by atoms with van der Waals surface area (Å²) in [4.78, 5) is 0. The third-order valence-corrected chi connectivity index (χ3v) is 4.41. The van der Waals surface area contributed by atoms with Crippen molar-refractivity contribution < 1.29 is 4.43 Å². The SMILES string of the molecule is Cc1cc2cc(Br)ccc2c(O[Si](C)C)c1C(C)(C)C. The Morgan fingerprint density at radius 1 is 1.10 bits per heavy atom. The molecule has 0 heterocycles. The van der Waals surface area contributed by atoms with Crippen molar-refractivity contribution >= 4 is 35.7 Å². The van der Waals surface area contributed by atoms with Gasteiger partial charge in [0, 0.05) is 15.4 Å². The van der Waals surface area contributed by atoms with Crippen LogP contribution in [0.2, 0.25) is 13.1 Å². The van der Waals surface area contributed by atoms with Crippen LogP contribution in [-0.4, -0.2) is 9.04 Å². The highest BCUT2D eigenvalue weighted by molar-refractivity contribution is 9.10. The number of fused-ring (bicyclic) bond motifs is 1. The van der Waals surface area contributed by atoms with Gasteiger partial charge in [-0.25, -0.2) is 0 Å². The Kier molecular flexibility index (Phi) is 4.31. The van der Waals surface area contributed by atoms with Crippen LogP contribution < -0.4 is 4.43 Å². The van der Waals surface area contributed by atoms with Crippen LogP contribution in [0.3, 0.4) is 0 Å². The van der Waals surface area contributed by atoms with E-state index in [0.29, 0.717) is 0 Å². The molecule has 1 nitrogen and oxygen atoms in total. The molecular formula is C17H22BrOSi. The van der Waals surface area contributed by atoms with E-state index in [-0.39, 0.29) is 5.41 Å². The minimum Gasteiger partial charge on any atom is -0.542 e. The van der Waals surface area contributed by atoms with Crippen LogP contribution in [-0.2, 0) is 5.41 Å². The van der Waals surface area contributed by atoms with E-state index in [9.17, 15) is 0 Å². The molecule has 20 heavy (non-hydrogen) atoms. The van der Waals surface area contributed by atoms with Crippen molar-refractivity contribution in [3.8, 4) is 5.75 Å². The molecule has 0 atom stereocenters. The molecule has 0 aliphatic rings. The summed E-state index contributed by atoms with van der Waals surface area (Å²) in [5.41, 5.74) is 2.72. The molecule has 0 aromatic heterocycles. The van der Waals surface area contributed by atoms with Gasteiger partial charge in [-0.2, -0.15) is 0 Å². The Labute approximate surface area is 132 Å². The van der Waals surface area contributed by atoms with Gasteiger partial charge in [-0.15, -0.1) is 0 Å². The molecule has 0 fully saturated rings. The highest BCUT2D eigenvalue weighted by Gasteiger charge is 2.24. The summed E-state index contributed by atoms with van der Waals surface area (Å²) in [6, 6.07) is 8.69. The standard InChI is InChI=1S/C17H22BrOSi/c1-11-9-12-10-13(18)7-8-14(12)16(19-20(5)6)15(11)17(2,3)4/h7-10H,1-6H3. The molecule has 0 aliphatic heterocycles. The van der Waals surface area contributed by atoms with Crippen molar-refractivity contribution in [3.63, 3.8) is 0 Å². The van der Waals surface area contributed by atoms with Crippen molar-refractivity contribution in [2.24, 2.45) is 0 Å². The van der Waals surface area contributed by atoms with Gasteiger partial charge in [0.25, 0.3) is 9.04 Å². The Balaban J connectivity index is 2.84. The quantitative estimate of drug-likeness (QED) is 0.619. The lowest BCUT2D eigenvalue weighted by Crippen LogP contribution is -2.19. The van der Waals surface area contributed by atoms with Crippen LogP contribution in [0.4, 0.5) is 0 Å². The van der Waals surface area contributed by atoms with Gasteiger partial charge in [0.2, 0.25) is 0 Å². The van der Waals surface area contributed by atoms with Gasteiger partial charge in [-0.3, -0.25) is 0 Å². The molecule has 107 valence electrons. The fourth-order valence-electron chi connectivity index (χ4n) is 2.72. The normalized spacial score (nSPS) is 12.2. The van der Waals surface area contributed by atoms with E-state index in [1.165, 1.54) is 21.9 Å². The van der Waals surface area contributed by atoms with Crippen LogP contribution in [0.25, 0.3) is 10.8 Å². The van der Waals surface area contributed by atoms with Gasteiger partial charge in [-0.1, -0.05) is 42.8 Å². The Morgan fingerprint density at radius 2 is 1.75 bits per heavy atom. The predicted octanol–water partition coefficient (Wildman–Crippen LogP) is 5.84. The number of benzene rings is 2. The first-order chi connectivity index (χ1) is 9.20. The van der Waals surface area contributed by atoms with Crippen LogP contribution in [0, 0.1) is 6.92 Å². The van der Waals surface area contributed by atoms with E-state index in [2.05, 4.69) is 81.0 Å². The van der Waals surface area contributed by atoms with Crippen molar-refractivity contribution in [2.45, 2.75) is 46.2 Å². The second kappa shape index (κ2) is 5.53. The number of aryl methyl sites for hydroxylation is 1. The summed E-state index contributed by atoms with van der Waals surface area (Å²) in [6.07, 6.45) is 0. The summed E-state index contributed by atoms with van der Waals surface area (Å²) in [5, 5.41) is 2.46. The molecule has 0 amide bonds. The average molecular weight is 350 g/mol. The van der Waals surface area contributed by atoms with Crippen molar-refractivity contribution in [1.29, 1.82) is 0 Å². The fourth-order valence-corrected chi connectivity index (χ4v) is 3.72. The Bertz CT molecular complexity index is 641. The van der Waals surface area contributed by atoms with Crippen LogP contribution in [0.1, 0.15) is 31.9 Å². The van der Waals surface area contributed by atoms with Gasteiger partial charge in [0.1, 0.15) is 5.75 Å². The molecular weight excluding hydrogens is 328 g/mol. The fraction of sp³-hybridized carbons (Fsp3) is 0.412. The summed E-state index contributed by atoms with van der Waals surface area (Å²) < 4.78 is 7.40. The summed E-state index contributed by atoms with van der Waals surface area (Å²) >= 11 is 3.56. The van der Waals surface area contributed by atoms with E-state index in [1.807, 2.05) is 0 Å². The lowest BCUT2D eigenvalue weighted by atomic mass is 9.82. The van der Waals surface area contributed by atoms with E-state index in [1.54, 1.807) is 0 Å². The van der Waals surface area contributed by atoms with E-state index in [4.69, 9.17) is 4.43 Å². The van der Waals surface area contributed by atoms with Crippen molar-refractivity contribution in [2.75, 3.05) is 0 Å². The maximum atomic E-state index is 6.29. The first-order valence-corrected chi connectivity index (χ1v) is 10.1. The molecule has 0 spiro atoms. The summed E-state index contributed by atoms with van der Waals surface area (Å²) in [5.74, 6) is 1.08. The van der Waals surface area contributed by atoms with Crippen LogP contribution in [0.5, 0.6) is 5.75 Å². The first-order valence-electron chi connectivity index (χ1n) is 6.91. The molecule has 3 heteroatoms. The minimum atomic E-state index is -0.797. The van der Waals surface area contributed by atoms with Gasteiger partial charge in [-0.05, 0) is 54.6 Å². The third-order valence-electron chi connectivity index (χ3n) is 3.31. The average Bonchev–Trinajstić information content (AvgIpc) is 2.25. The maximum absolute atomic E-state index is 6.29. The lowest BCUT2D eigenvalue weighted by molar-refractivity contribution is 0.523. The zero-order chi connectivity index (χ0) is 15.1. The van der Waals surface area contributed by atoms with Gasteiger partial charge < -0.3 is 4.43 Å². The van der Waals surface area contributed by atoms with Crippen LogP contribution in [0.15, 0.2) is 28.7 Å². The second-order valence-electron chi connectivity index (χ2n) is 6.52. The molecule has 0 N–H and O–H groups in total. The lowest BCUT2D eigenvalue weighted by Gasteiger charge is -2.27. The molecule has 0 saturated heterocycles. The molecule has 0 aliphatic carbocycles. The molecule has 0 unspecified atom stereocenters. The number of rotatable bonds is 2. The van der Waals surface area contributed by atoms with E-state index in [0.717, 1.165) is 10.2 Å².